The van der Waals surface area contributed by atoms with Crippen LogP contribution >= 0.6 is 15.9 Å². The molecule has 21 heavy (non-hydrogen) atoms. The van der Waals surface area contributed by atoms with Crippen molar-refractivity contribution in [3.63, 3.8) is 0 Å². The molecule has 0 fully saturated rings. The molecule has 0 saturated heterocycles. The Hall–Kier alpha value is -1.52. The molecule has 2 aromatic rings. The Labute approximate surface area is 133 Å². The van der Waals surface area contributed by atoms with Crippen LogP contribution in [0.25, 0.3) is 0 Å². The molecule has 0 heterocycles. The fourth-order valence-electron chi connectivity index (χ4n) is 1.81. The van der Waals surface area contributed by atoms with Gasteiger partial charge in [0, 0.05) is 0 Å². The SMILES string of the molecule is CCCOc1ccc(Oc2ccc([C@H](C)O)cc2Br)cc1. The second kappa shape index (κ2) is 7.48. The van der Waals surface area contributed by atoms with E-state index in [-0.39, 0.29) is 0 Å². The van der Waals surface area contributed by atoms with E-state index in [0.29, 0.717) is 12.4 Å². The zero-order valence-electron chi connectivity index (χ0n) is 12.2. The molecule has 0 aromatic heterocycles. The molecule has 0 amide bonds. The number of aliphatic hydroxyl groups is 1. The van der Waals surface area contributed by atoms with Crippen LogP contribution in [0.2, 0.25) is 0 Å². The van der Waals surface area contributed by atoms with Gasteiger partial charge in [-0.15, -0.1) is 0 Å². The Morgan fingerprint density at radius 2 is 1.76 bits per heavy atom. The number of ether oxygens (including phenoxy) is 2. The third-order valence-electron chi connectivity index (χ3n) is 2.96. The van der Waals surface area contributed by atoms with Crippen LogP contribution in [0.5, 0.6) is 17.2 Å². The Morgan fingerprint density at radius 1 is 1.10 bits per heavy atom. The molecular weight excluding hydrogens is 332 g/mol. The predicted octanol–water partition coefficient (Wildman–Crippen LogP) is 5.08. The molecule has 0 radical (unpaired) electrons. The second-order valence-electron chi connectivity index (χ2n) is 4.79. The first-order valence-electron chi connectivity index (χ1n) is 6.98. The maximum absolute atomic E-state index is 9.55. The Bertz CT molecular complexity index is 579. The fourth-order valence-corrected chi connectivity index (χ4v) is 2.29. The molecule has 0 unspecified atom stereocenters. The Morgan fingerprint density at radius 3 is 2.33 bits per heavy atom. The third kappa shape index (κ3) is 4.48. The molecule has 0 bridgehead atoms. The maximum atomic E-state index is 9.55. The molecule has 0 aliphatic rings. The highest BCUT2D eigenvalue weighted by molar-refractivity contribution is 9.10. The molecule has 0 spiro atoms. The van der Waals surface area contributed by atoms with Gasteiger partial charge >= 0.3 is 0 Å². The lowest BCUT2D eigenvalue weighted by atomic mass is 10.1. The van der Waals surface area contributed by atoms with Crippen molar-refractivity contribution in [2.45, 2.75) is 26.4 Å². The number of hydrogen-bond donors (Lipinski definition) is 1. The quantitative estimate of drug-likeness (QED) is 0.788. The van der Waals surface area contributed by atoms with Gasteiger partial charge in [-0.1, -0.05) is 13.0 Å². The van der Waals surface area contributed by atoms with Crippen LogP contribution in [0.15, 0.2) is 46.9 Å². The van der Waals surface area contributed by atoms with Crippen molar-refractivity contribution in [3.8, 4) is 17.2 Å². The number of aliphatic hydroxyl groups excluding tert-OH is 1. The average molecular weight is 351 g/mol. The van der Waals surface area contributed by atoms with Crippen LogP contribution in [0.4, 0.5) is 0 Å². The van der Waals surface area contributed by atoms with Gasteiger partial charge in [-0.3, -0.25) is 0 Å². The lowest BCUT2D eigenvalue weighted by Gasteiger charge is -2.11. The molecule has 0 aliphatic carbocycles. The number of halogens is 1. The molecule has 1 atom stereocenters. The van der Waals surface area contributed by atoms with Crippen molar-refractivity contribution < 1.29 is 14.6 Å². The van der Waals surface area contributed by atoms with Crippen LogP contribution in [-0.2, 0) is 0 Å². The van der Waals surface area contributed by atoms with Crippen molar-refractivity contribution in [1.29, 1.82) is 0 Å². The van der Waals surface area contributed by atoms with E-state index in [9.17, 15) is 5.11 Å². The summed E-state index contributed by atoms with van der Waals surface area (Å²) in [6.45, 7) is 4.52. The molecule has 112 valence electrons. The molecule has 4 heteroatoms. The molecule has 2 aromatic carbocycles. The molecular formula is C17H19BrO3. The van der Waals surface area contributed by atoms with Gasteiger partial charge < -0.3 is 14.6 Å². The van der Waals surface area contributed by atoms with Crippen molar-refractivity contribution >= 4 is 15.9 Å². The van der Waals surface area contributed by atoms with E-state index in [1.165, 1.54) is 0 Å². The zero-order valence-corrected chi connectivity index (χ0v) is 13.8. The van der Waals surface area contributed by atoms with E-state index in [0.717, 1.165) is 28.0 Å². The van der Waals surface area contributed by atoms with Crippen LogP contribution in [-0.4, -0.2) is 11.7 Å². The smallest absolute Gasteiger partial charge is 0.141 e. The lowest BCUT2D eigenvalue weighted by Crippen LogP contribution is -1.95. The fraction of sp³-hybridized carbons (Fsp3) is 0.294. The summed E-state index contributed by atoms with van der Waals surface area (Å²) in [5.74, 6) is 2.29. The first-order valence-corrected chi connectivity index (χ1v) is 7.77. The van der Waals surface area contributed by atoms with Gasteiger partial charge in [-0.2, -0.15) is 0 Å². The van der Waals surface area contributed by atoms with Gasteiger partial charge in [-0.25, -0.2) is 0 Å². The second-order valence-corrected chi connectivity index (χ2v) is 5.64. The van der Waals surface area contributed by atoms with Crippen LogP contribution in [0.1, 0.15) is 31.9 Å². The van der Waals surface area contributed by atoms with Crippen molar-refractivity contribution in [3.05, 3.63) is 52.5 Å². The first kappa shape index (κ1) is 15.9. The molecule has 0 aliphatic heterocycles. The van der Waals surface area contributed by atoms with E-state index in [2.05, 4.69) is 22.9 Å². The summed E-state index contributed by atoms with van der Waals surface area (Å²) in [5.41, 5.74) is 0.845. The van der Waals surface area contributed by atoms with Gasteiger partial charge in [0.1, 0.15) is 17.2 Å². The van der Waals surface area contributed by atoms with Crippen LogP contribution in [0, 0.1) is 0 Å². The van der Waals surface area contributed by atoms with Crippen LogP contribution in [0.3, 0.4) is 0 Å². The van der Waals surface area contributed by atoms with Gasteiger partial charge in [0.15, 0.2) is 0 Å². The summed E-state index contributed by atoms with van der Waals surface area (Å²) in [7, 11) is 0. The molecule has 1 N–H and O–H groups in total. The first-order chi connectivity index (χ1) is 10.1. The average Bonchev–Trinajstić information content (AvgIpc) is 2.48. The topological polar surface area (TPSA) is 38.7 Å². The lowest BCUT2D eigenvalue weighted by molar-refractivity contribution is 0.199. The molecule has 2 rings (SSSR count). The number of rotatable bonds is 6. The minimum Gasteiger partial charge on any atom is -0.494 e. The standard InChI is InChI=1S/C17H19BrO3/c1-3-10-20-14-5-7-15(8-6-14)21-17-9-4-13(12(2)19)11-16(17)18/h4-9,11-12,19H,3,10H2,1-2H3/t12-/m0/s1. The van der Waals surface area contributed by atoms with E-state index in [1.54, 1.807) is 6.92 Å². The summed E-state index contributed by atoms with van der Waals surface area (Å²) in [6.07, 6.45) is 0.492. The van der Waals surface area contributed by atoms with Gasteiger partial charge in [0.05, 0.1) is 17.2 Å². The van der Waals surface area contributed by atoms with Crippen molar-refractivity contribution in [2.75, 3.05) is 6.61 Å². The monoisotopic (exact) mass is 350 g/mol. The molecule has 0 saturated carbocycles. The minimum atomic E-state index is -0.495. The summed E-state index contributed by atoms with van der Waals surface area (Å²) in [4.78, 5) is 0. The Kier molecular flexibility index (Phi) is 5.65. The van der Waals surface area contributed by atoms with Gasteiger partial charge in [-0.05, 0) is 71.2 Å². The van der Waals surface area contributed by atoms with E-state index >= 15 is 0 Å². The Balaban J connectivity index is 2.07. The van der Waals surface area contributed by atoms with Gasteiger partial charge in [0.25, 0.3) is 0 Å². The van der Waals surface area contributed by atoms with E-state index in [4.69, 9.17) is 9.47 Å². The number of benzene rings is 2. The number of hydrogen-bond acceptors (Lipinski definition) is 3. The normalized spacial score (nSPS) is 12.0. The van der Waals surface area contributed by atoms with Crippen molar-refractivity contribution in [2.24, 2.45) is 0 Å². The van der Waals surface area contributed by atoms with Crippen molar-refractivity contribution in [1.82, 2.24) is 0 Å². The third-order valence-corrected chi connectivity index (χ3v) is 3.58. The molecule has 3 nitrogen and oxygen atoms in total. The largest absolute Gasteiger partial charge is 0.494 e. The summed E-state index contributed by atoms with van der Waals surface area (Å²) >= 11 is 3.46. The zero-order chi connectivity index (χ0) is 15.2. The summed E-state index contributed by atoms with van der Waals surface area (Å²) in [5, 5.41) is 9.55. The highest BCUT2D eigenvalue weighted by Gasteiger charge is 2.07. The highest BCUT2D eigenvalue weighted by atomic mass is 79.9. The van der Waals surface area contributed by atoms with Gasteiger partial charge in [0.2, 0.25) is 0 Å². The van der Waals surface area contributed by atoms with E-state index < -0.39 is 6.10 Å². The summed E-state index contributed by atoms with van der Waals surface area (Å²) in [6, 6.07) is 13.1. The highest BCUT2D eigenvalue weighted by Crippen LogP contribution is 2.32. The van der Waals surface area contributed by atoms with Crippen LogP contribution < -0.4 is 9.47 Å². The predicted molar refractivity (Wildman–Crippen MR) is 87.1 cm³/mol. The summed E-state index contributed by atoms with van der Waals surface area (Å²) < 4.78 is 12.2. The minimum absolute atomic E-state index is 0.495. The maximum Gasteiger partial charge on any atom is 0.141 e. The van der Waals surface area contributed by atoms with E-state index in [1.807, 2.05) is 42.5 Å².